The van der Waals surface area contributed by atoms with Gasteiger partial charge in [-0.05, 0) is 55.8 Å². The van der Waals surface area contributed by atoms with E-state index in [1.807, 2.05) is 18.8 Å². The molecule has 0 saturated carbocycles. The van der Waals surface area contributed by atoms with Crippen LogP contribution in [0.25, 0.3) is 0 Å². The van der Waals surface area contributed by atoms with Gasteiger partial charge in [-0.15, -0.1) is 11.8 Å². The fourth-order valence-corrected chi connectivity index (χ4v) is 3.07. The van der Waals surface area contributed by atoms with Gasteiger partial charge in [0.25, 0.3) is 0 Å². The molecule has 0 aromatic heterocycles. The SMILES string of the molecule is CNC(C)c1cccc(SCCCc2ccccc2)c1. The summed E-state index contributed by atoms with van der Waals surface area (Å²) < 4.78 is 0. The lowest BCUT2D eigenvalue weighted by Crippen LogP contribution is -2.12. The average Bonchev–Trinajstić information content (AvgIpc) is 2.52. The Morgan fingerprint density at radius 2 is 1.85 bits per heavy atom. The molecule has 1 nitrogen and oxygen atoms in total. The molecule has 0 aliphatic heterocycles. The first-order chi connectivity index (χ1) is 9.79. The Morgan fingerprint density at radius 3 is 2.60 bits per heavy atom. The highest BCUT2D eigenvalue weighted by atomic mass is 32.2. The van der Waals surface area contributed by atoms with E-state index in [0.29, 0.717) is 6.04 Å². The molecular formula is C18H23NS. The third-order valence-electron chi connectivity index (χ3n) is 3.51. The van der Waals surface area contributed by atoms with Crippen LogP contribution in [-0.2, 0) is 6.42 Å². The highest BCUT2D eigenvalue weighted by Gasteiger charge is 2.03. The molecular weight excluding hydrogens is 262 g/mol. The minimum Gasteiger partial charge on any atom is -0.313 e. The Balaban J connectivity index is 1.79. The van der Waals surface area contributed by atoms with Crippen LogP contribution in [0.4, 0.5) is 0 Å². The zero-order valence-corrected chi connectivity index (χ0v) is 13.1. The summed E-state index contributed by atoms with van der Waals surface area (Å²) in [5.41, 5.74) is 2.80. The average molecular weight is 285 g/mol. The molecule has 0 fully saturated rings. The normalized spacial score (nSPS) is 12.3. The molecule has 0 saturated heterocycles. The number of hydrogen-bond donors (Lipinski definition) is 1. The Hall–Kier alpha value is -1.25. The van der Waals surface area contributed by atoms with Gasteiger partial charge in [0.05, 0.1) is 0 Å². The second-order valence-corrected chi connectivity index (χ2v) is 6.19. The van der Waals surface area contributed by atoms with Gasteiger partial charge in [-0.25, -0.2) is 0 Å². The van der Waals surface area contributed by atoms with Gasteiger partial charge < -0.3 is 5.32 Å². The molecule has 0 bridgehead atoms. The summed E-state index contributed by atoms with van der Waals surface area (Å²) in [6.45, 7) is 2.19. The summed E-state index contributed by atoms with van der Waals surface area (Å²) >= 11 is 1.95. The maximum atomic E-state index is 3.29. The minimum atomic E-state index is 0.417. The first kappa shape index (κ1) is 15.1. The molecule has 2 aromatic carbocycles. The van der Waals surface area contributed by atoms with E-state index in [1.54, 1.807) is 0 Å². The molecule has 1 N–H and O–H groups in total. The summed E-state index contributed by atoms with van der Waals surface area (Å²) in [7, 11) is 2.00. The van der Waals surface area contributed by atoms with Crippen LogP contribution in [0, 0.1) is 0 Å². The summed E-state index contributed by atoms with van der Waals surface area (Å²) in [5.74, 6) is 1.17. The van der Waals surface area contributed by atoms with Gasteiger partial charge in [-0.2, -0.15) is 0 Å². The summed E-state index contributed by atoms with van der Waals surface area (Å²) in [6.07, 6.45) is 2.39. The van der Waals surface area contributed by atoms with Crippen molar-refractivity contribution in [3.8, 4) is 0 Å². The van der Waals surface area contributed by atoms with Crippen LogP contribution in [0.15, 0.2) is 59.5 Å². The van der Waals surface area contributed by atoms with Crippen molar-refractivity contribution in [2.45, 2.75) is 30.7 Å². The zero-order chi connectivity index (χ0) is 14.2. The monoisotopic (exact) mass is 285 g/mol. The number of nitrogens with one attached hydrogen (secondary N) is 1. The smallest absolute Gasteiger partial charge is 0.0289 e. The molecule has 0 aliphatic carbocycles. The molecule has 2 heteroatoms. The van der Waals surface area contributed by atoms with Crippen LogP contribution in [0.2, 0.25) is 0 Å². The predicted octanol–water partition coefficient (Wildman–Crippen LogP) is 4.69. The van der Waals surface area contributed by atoms with Crippen LogP contribution in [-0.4, -0.2) is 12.8 Å². The van der Waals surface area contributed by atoms with Gasteiger partial charge in [0, 0.05) is 10.9 Å². The number of rotatable bonds is 7. The summed E-state index contributed by atoms with van der Waals surface area (Å²) in [5, 5.41) is 3.29. The topological polar surface area (TPSA) is 12.0 Å². The van der Waals surface area contributed by atoms with E-state index >= 15 is 0 Å². The van der Waals surface area contributed by atoms with Crippen LogP contribution in [0.3, 0.4) is 0 Å². The molecule has 0 radical (unpaired) electrons. The molecule has 1 unspecified atom stereocenters. The zero-order valence-electron chi connectivity index (χ0n) is 12.3. The molecule has 0 spiro atoms. The van der Waals surface area contributed by atoms with E-state index in [-0.39, 0.29) is 0 Å². The lowest BCUT2D eigenvalue weighted by molar-refractivity contribution is 0.651. The van der Waals surface area contributed by atoms with E-state index in [2.05, 4.69) is 66.8 Å². The van der Waals surface area contributed by atoms with Crippen LogP contribution in [0.1, 0.15) is 30.5 Å². The van der Waals surface area contributed by atoms with Crippen LogP contribution < -0.4 is 5.32 Å². The van der Waals surface area contributed by atoms with E-state index < -0.39 is 0 Å². The molecule has 0 amide bonds. The van der Waals surface area contributed by atoms with Gasteiger partial charge >= 0.3 is 0 Å². The lowest BCUT2D eigenvalue weighted by atomic mass is 10.1. The van der Waals surface area contributed by atoms with Gasteiger partial charge in [-0.3, -0.25) is 0 Å². The Labute approximate surface area is 126 Å². The van der Waals surface area contributed by atoms with Gasteiger partial charge in [0.2, 0.25) is 0 Å². The fraction of sp³-hybridized carbons (Fsp3) is 0.333. The fourth-order valence-electron chi connectivity index (χ4n) is 2.15. The maximum Gasteiger partial charge on any atom is 0.0289 e. The Morgan fingerprint density at radius 1 is 1.05 bits per heavy atom. The van der Waals surface area contributed by atoms with Gasteiger partial charge in [-0.1, -0.05) is 42.5 Å². The second kappa shape index (κ2) is 8.13. The van der Waals surface area contributed by atoms with E-state index in [9.17, 15) is 0 Å². The van der Waals surface area contributed by atoms with E-state index in [1.165, 1.54) is 34.6 Å². The number of benzene rings is 2. The van der Waals surface area contributed by atoms with Crippen molar-refractivity contribution >= 4 is 11.8 Å². The molecule has 106 valence electrons. The molecule has 0 heterocycles. The quantitative estimate of drug-likeness (QED) is 0.585. The van der Waals surface area contributed by atoms with Crippen molar-refractivity contribution in [2.24, 2.45) is 0 Å². The van der Waals surface area contributed by atoms with Crippen molar-refractivity contribution in [3.05, 3.63) is 65.7 Å². The van der Waals surface area contributed by atoms with Crippen molar-refractivity contribution in [2.75, 3.05) is 12.8 Å². The van der Waals surface area contributed by atoms with E-state index in [4.69, 9.17) is 0 Å². The van der Waals surface area contributed by atoms with Crippen LogP contribution in [0.5, 0.6) is 0 Å². The number of thioether (sulfide) groups is 1. The van der Waals surface area contributed by atoms with Gasteiger partial charge in [0.15, 0.2) is 0 Å². The third-order valence-corrected chi connectivity index (χ3v) is 4.59. The van der Waals surface area contributed by atoms with Crippen molar-refractivity contribution < 1.29 is 0 Å². The Kier molecular flexibility index (Phi) is 6.16. The second-order valence-electron chi connectivity index (χ2n) is 5.02. The van der Waals surface area contributed by atoms with E-state index in [0.717, 1.165) is 0 Å². The highest BCUT2D eigenvalue weighted by Crippen LogP contribution is 2.23. The lowest BCUT2D eigenvalue weighted by Gasteiger charge is -2.11. The molecule has 2 aromatic rings. The first-order valence-electron chi connectivity index (χ1n) is 7.23. The summed E-state index contributed by atoms with van der Waals surface area (Å²) in [4.78, 5) is 1.37. The highest BCUT2D eigenvalue weighted by molar-refractivity contribution is 7.99. The number of aryl methyl sites for hydroxylation is 1. The maximum absolute atomic E-state index is 3.29. The standard InChI is InChI=1S/C18H23NS/c1-15(19-2)17-11-6-12-18(14-17)20-13-7-10-16-8-4-3-5-9-16/h3-6,8-9,11-12,14-15,19H,7,10,13H2,1-2H3. The first-order valence-corrected chi connectivity index (χ1v) is 8.22. The van der Waals surface area contributed by atoms with Crippen molar-refractivity contribution in [3.63, 3.8) is 0 Å². The number of hydrogen-bond acceptors (Lipinski definition) is 2. The van der Waals surface area contributed by atoms with Gasteiger partial charge in [0.1, 0.15) is 0 Å². The molecule has 20 heavy (non-hydrogen) atoms. The minimum absolute atomic E-state index is 0.417. The van der Waals surface area contributed by atoms with Crippen molar-refractivity contribution in [1.29, 1.82) is 0 Å². The summed E-state index contributed by atoms with van der Waals surface area (Å²) in [6, 6.07) is 20.0. The molecule has 0 aliphatic rings. The van der Waals surface area contributed by atoms with Crippen LogP contribution >= 0.6 is 11.8 Å². The predicted molar refractivity (Wildman–Crippen MR) is 89.4 cm³/mol. The Bertz CT molecular complexity index is 510. The molecule has 2 rings (SSSR count). The molecule has 1 atom stereocenters. The third kappa shape index (κ3) is 4.69. The largest absolute Gasteiger partial charge is 0.313 e. The van der Waals surface area contributed by atoms with Crippen molar-refractivity contribution in [1.82, 2.24) is 5.32 Å².